The van der Waals surface area contributed by atoms with Crippen molar-refractivity contribution in [2.45, 2.75) is 26.2 Å². The molecule has 0 saturated carbocycles. The van der Waals surface area contributed by atoms with Gasteiger partial charge in [0.1, 0.15) is 5.75 Å². The average Bonchev–Trinajstić information content (AvgIpc) is 2.25. The largest absolute Gasteiger partial charge is 0.508 e. The first kappa shape index (κ1) is 12.6. The highest BCUT2D eigenvalue weighted by molar-refractivity contribution is 5.70. The zero-order valence-corrected chi connectivity index (χ0v) is 9.93. The Morgan fingerprint density at radius 3 is 2.62 bits per heavy atom. The van der Waals surface area contributed by atoms with Gasteiger partial charge in [0.25, 0.3) is 0 Å². The fourth-order valence-electron chi connectivity index (χ4n) is 1.76. The van der Waals surface area contributed by atoms with Crippen molar-refractivity contribution in [3.63, 3.8) is 0 Å². The number of rotatable bonds is 4. The van der Waals surface area contributed by atoms with Crippen LogP contribution in [0.5, 0.6) is 5.75 Å². The van der Waals surface area contributed by atoms with Crippen LogP contribution in [0.2, 0.25) is 0 Å². The van der Waals surface area contributed by atoms with Gasteiger partial charge in [0.15, 0.2) is 0 Å². The standard InChI is InChI=1S/C13H18O3/c1-9(2)12(8-13(15)16-3)10-5-4-6-11(14)7-10/h4-7,9,12,14H,8H2,1-3H3/t12-/m0/s1. The minimum absolute atomic E-state index is 0.0829. The Balaban J connectivity index is 2.89. The van der Waals surface area contributed by atoms with E-state index < -0.39 is 0 Å². The van der Waals surface area contributed by atoms with E-state index in [9.17, 15) is 9.90 Å². The van der Waals surface area contributed by atoms with Crippen molar-refractivity contribution < 1.29 is 14.6 Å². The predicted molar refractivity (Wildman–Crippen MR) is 62.3 cm³/mol. The van der Waals surface area contributed by atoms with Crippen LogP contribution in [0.1, 0.15) is 31.7 Å². The molecule has 0 amide bonds. The molecule has 0 spiro atoms. The molecule has 1 rings (SSSR count). The summed E-state index contributed by atoms with van der Waals surface area (Å²) in [7, 11) is 1.39. The molecule has 0 aromatic heterocycles. The van der Waals surface area contributed by atoms with E-state index >= 15 is 0 Å². The maximum Gasteiger partial charge on any atom is 0.306 e. The second-order valence-electron chi connectivity index (χ2n) is 4.23. The van der Waals surface area contributed by atoms with Gasteiger partial charge in [-0.05, 0) is 29.5 Å². The molecule has 1 N–H and O–H groups in total. The fraction of sp³-hybridized carbons (Fsp3) is 0.462. The first-order chi connectivity index (χ1) is 7.54. The number of hydrogen-bond acceptors (Lipinski definition) is 3. The summed E-state index contributed by atoms with van der Waals surface area (Å²) in [6.45, 7) is 4.11. The Morgan fingerprint density at radius 2 is 2.12 bits per heavy atom. The lowest BCUT2D eigenvalue weighted by Crippen LogP contribution is -2.13. The first-order valence-electron chi connectivity index (χ1n) is 5.40. The van der Waals surface area contributed by atoms with Crippen LogP contribution >= 0.6 is 0 Å². The molecule has 1 atom stereocenters. The van der Waals surface area contributed by atoms with Crippen molar-refractivity contribution >= 4 is 5.97 Å². The zero-order valence-electron chi connectivity index (χ0n) is 9.93. The zero-order chi connectivity index (χ0) is 12.1. The quantitative estimate of drug-likeness (QED) is 0.797. The first-order valence-corrected chi connectivity index (χ1v) is 5.40. The molecule has 0 aliphatic rings. The van der Waals surface area contributed by atoms with Crippen molar-refractivity contribution in [1.29, 1.82) is 0 Å². The van der Waals surface area contributed by atoms with Gasteiger partial charge in [0.05, 0.1) is 13.5 Å². The molecule has 1 aromatic carbocycles. The lowest BCUT2D eigenvalue weighted by molar-refractivity contribution is -0.141. The molecule has 0 fully saturated rings. The molecule has 0 aliphatic carbocycles. The number of aromatic hydroxyl groups is 1. The second kappa shape index (κ2) is 5.54. The second-order valence-corrected chi connectivity index (χ2v) is 4.23. The molecule has 0 heterocycles. The molecular formula is C13H18O3. The normalized spacial score (nSPS) is 12.5. The van der Waals surface area contributed by atoms with E-state index in [1.807, 2.05) is 6.07 Å². The van der Waals surface area contributed by atoms with Gasteiger partial charge in [-0.1, -0.05) is 26.0 Å². The molecule has 88 valence electrons. The molecule has 16 heavy (non-hydrogen) atoms. The lowest BCUT2D eigenvalue weighted by atomic mass is 9.86. The van der Waals surface area contributed by atoms with Crippen molar-refractivity contribution in [3.05, 3.63) is 29.8 Å². The SMILES string of the molecule is COC(=O)C[C@H](c1cccc(O)c1)C(C)C. The van der Waals surface area contributed by atoms with Gasteiger partial charge < -0.3 is 9.84 Å². The van der Waals surface area contributed by atoms with Crippen LogP contribution < -0.4 is 0 Å². The van der Waals surface area contributed by atoms with Crippen molar-refractivity contribution in [3.8, 4) is 5.75 Å². The molecule has 1 aromatic rings. The maximum absolute atomic E-state index is 11.3. The molecular weight excluding hydrogens is 204 g/mol. The molecule has 0 unspecified atom stereocenters. The van der Waals surface area contributed by atoms with E-state index in [1.165, 1.54) is 7.11 Å². The highest BCUT2D eigenvalue weighted by Gasteiger charge is 2.20. The number of methoxy groups -OCH3 is 1. The molecule has 3 nitrogen and oxygen atoms in total. The number of benzene rings is 1. The third-order valence-electron chi connectivity index (χ3n) is 2.72. The van der Waals surface area contributed by atoms with Crippen LogP contribution in [-0.2, 0) is 9.53 Å². The minimum Gasteiger partial charge on any atom is -0.508 e. The third-order valence-corrected chi connectivity index (χ3v) is 2.72. The van der Waals surface area contributed by atoms with Gasteiger partial charge in [-0.15, -0.1) is 0 Å². The molecule has 0 radical (unpaired) electrons. The van der Waals surface area contributed by atoms with E-state index in [0.29, 0.717) is 12.3 Å². The number of ether oxygens (including phenoxy) is 1. The smallest absolute Gasteiger partial charge is 0.306 e. The van der Waals surface area contributed by atoms with E-state index in [1.54, 1.807) is 18.2 Å². The number of phenols is 1. The monoisotopic (exact) mass is 222 g/mol. The molecule has 0 aliphatic heterocycles. The Kier molecular flexibility index (Phi) is 4.35. The summed E-state index contributed by atoms with van der Waals surface area (Å²) >= 11 is 0. The highest BCUT2D eigenvalue weighted by atomic mass is 16.5. The number of carbonyl (C=O) groups is 1. The number of carbonyl (C=O) groups excluding carboxylic acids is 1. The fourth-order valence-corrected chi connectivity index (χ4v) is 1.76. The number of hydrogen-bond donors (Lipinski definition) is 1. The van der Waals surface area contributed by atoms with Crippen molar-refractivity contribution in [2.24, 2.45) is 5.92 Å². The van der Waals surface area contributed by atoms with Crippen LogP contribution in [0.4, 0.5) is 0 Å². The van der Waals surface area contributed by atoms with Crippen LogP contribution in [0.15, 0.2) is 24.3 Å². The van der Waals surface area contributed by atoms with Crippen molar-refractivity contribution in [2.75, 3.05) is 7.11 Å². The number of esters is 1. The summed E-state index contributed by atoms with van der Waals surface area (Å²) < 4.78 is 4.68. The van der Waals surface area contributed by atoms with E-state index in [0.717, 1.165) is 5.56 Å². The van der Waals surface area contributed by atoms with E-state index in [2.05, 4.69) is 18.6 Å². The van der Waals surface area contributed by atoms with Gasteiger partial charge >= 0.3 is 5.97 Å². The Bertz CT molecular complexity index is 358. The third kappa shape index (κ3) is 3.26. The number of phenolic OH excluding ortho intramolecular Hbond substituents is 1. The van der Waals surface area contributed by atoms with Crippen LogP contribution in [0, 0.1) is 5.92 Å². The summed E-state index contributed by atoms with van der Waals surface area (Å²) in [6.07, 6.45) is 0.345. The minimum atomic E-state index is -0.220. The van der Waals surface area contributed by atoms with Gasteiger partial charge in [-0.3, -0.25) is 4.79 Å². The van der Waals surface area contributed by atoms with Crippen LogP contribution in [0.3, 0.4) is 0 Å². The Labute approximate surface area is 96.1 Å². The summed E-state index contributed by atoms with van der Waals surface area (Å²) in [5, 5.41) is 9.42. The summed E-state index contributed by atoms with van der Waals surface area (Å²) in [5.41, 5.74) is 0.973. The average molecular weight is 222 g/mol. The van der Waals surface area contributed by atoms with Gasteiger partial charge in [-0.25, -0.2) is 0 Å². The summed E-state index contributed by atoms with van der Waals surface area (Å²) in [6, 6.07) is 7.04. The van der Waals surface area contributed by atoms with Gasteiger partial charge in [0, 0.05) is 0 Å². The summed E-state index contributed by atoms with van der Waals surface area (Å²) in [5.74, 6) is 0.413. The molecule has 0 saturated heterocycles. The predicted octanol–water partition coefficient (Wildman–Crippen LogP) is 2.69. The lowest BCUT2D eigenvalue weighted by Gasteiger charge is -2.20. The Morgan fingerprint density at radius 1 is 1.44 bits per heavy atom. The van der Waals surface area contributed by atoms with Gasteiger partial charge in [-0.2, -0.15) is 0 Å². The highest BCUT2D eigenvalue weighted by Crippen LogP contribution is 2.30. The van der Waals surface area contributed by atoms with E-state index in [4.69, 9.17) is 0 Å². The summed E-state index contributed by atoms with van der Waals surface area (Å²) in [4.78, 5) is 11.3. The molecule has 3 heteroatoms. The van der Waals surface area contributed by atoms with Crippen LogP contribution in [-0.4, -0.2) is 18.2 Å². The maximum atomic E-state index is 11.3. The molecule has 0 bridgehead atoms. The van der Waals surface area contributed by atoms with Crippen LogP contribution in [0.25, 0.3) is 0 Å². The Hall–Kier alpha value is -1.51. The van der Waals surface area contributed by atoms with E-state index in [-0.39, 0.29) is 17.6 Å². The van der Waals surface area contributed by atoms with Gasteiger partial charge in [0.2, 0.25) is 0 Å². The van der Waals surface area contributed by atoms with Crippen molar-refractivity contribution in [1.82, 2.24) is 0 Å². The topological polar surface area (TPSA) is 46.5 Å².